The van der Waals surface area contributed by atoms with Crippen molar-refractivity contribution in [1.29, 1.82) is 0 Å². The molecule has 3 atom stereocenters. The lowest BCUT2D eigenvalue weighted by atomic mass is 9.94. The molecule has 0 aliphatic carbocycles. The van der Waals surface area contributed by atoms with Crippen molar-refractivity contribution < 1.29 is 19.0 Å². The number of ether oxygens (including phenoxy) is 3. The van der Waals surface area contributed by atoms with Gasteiger partial charge in [-0.25, -0.2) is 0 Å². The number of rotatable bonds is 1. The highest BCUT2D eigenvalue weighted by atomic mass is 16.6. The topological polar surface area (TPSA) is 44.8 Å². The van der Waals surface area contributed by atoms with Gasteiger partial charge in [-0.3, -0.25) is 4.79 Å². The van der Waals surface area contributed by atoms with E-state index in [0.29, 0.717) is 19.8 Å². The summed E-state index contributed by atoms with van der Waals surface area (Å²) in [6, 6.07) is 0. The Kier molecular flexibility index (Phi) is 3.89. The summed E-state index contributed by atoms with van der Waals surface area (Å²) >= 11 is 0. The van der Waals surface area contributed by atoms with E-state index in [4.69, 9.17) is 14.2 Å². The lowest BCUT2D eigenvalue weighted by Crippen LogP contribution is -2.41. The third kappa shape index (κ3) is 2.25. The van der Waals surface area contributed by atoms with Crippen molar-refractivity contribution in [2.24, 2.45) is 5.92 Å². The van der Waals surface area contributed by atoms with Gasteiger partial charge in [-0.1, -0.05) is 7.43 Å². The molecule has 2 rings (SSSR count). The molecule has 2 heterocycles. The molecule has 0 aromatic heterocycles. The second kappa shape index (κ2) is 4.75. The quantitative estimate of drug-likeness (QED) is 0.595. The van der Waals surface area contributed by atoms with Gasteiger partial charge in [0.25, 0.3) is 0 Å². The molecule has 0 bridgehead atoms. The molecule has 82 valence electrons. The smallest absolute Gasteiger partial charge is 0.302 e. The second-order valence-electron chi connectivity index (χ2n) is 3.55. The fourth-order valence-corrected chi connectivity index (χ4v) is 1.98. The molecule has 0 spiro atoms. The monoisotopic (exact) mass is 202 g/mol. The number of hydrogen-bond donors (Lipinski definition) is 0. The zero-order valence-corrected chi connectivity index (χ0v) is 7.69. The normalized spacial score (nSPS) is 35.6. The average Bonchev–Trinajstić information content (AvgIpc) is 2.51. The van der Waals surface area contributed by atoms with Crippen LogP contribution in [0.4, 0.5) is 0 Å². The van der Waals surface area contributed by atoms with Crippen molar-refractivity contribution in [3.05, 3.63) is 0 Å². The van der Waals surface area contributed by atoms with Gasteiger partial charge in [0.1, 0.15) is 6.10 Å². The molecule has 14 heavy (non-hydrogen) atoms. The maximum Gasteiger partial charge on any atom is 0.302 e. The Balaban J connectivity index is 0.000000980. The predicted octanol–water partition coefficient (Wildman–Crippen LogP) is 0.989. The molecule has 2 aliphatic heterocycles. The van der Waals surface area contributed by atoms with E-state index in [1.165, 1.54) is 6.92 Å². The zero-order chi connectivity index (χ0) is 9.26. The Hall–Kier alpha value is -0.610. The van der Waals surface area contributed by atoms with Gasteiger partial charge in [0.05, 0.1) is 25.9 Å². The van der Waals surface area contributed by atoms with Crippen molar-refractivity contribution in [2.75, 3.05) is 19.8 Å². The highest BCUT2D eigenvalue weighted by Crippen LogP contribution is 2.28. The summed E-state index contributed by atoms with van der Waals surface area (Å²) in [4.78, 5) is 10.8. The molecular formula is C10H18O4. The number of esters is 1. The van der Waals surface area contributed by atoms with E-state index in [9.17, 15) is 4.79 Å². The van der Waals surface area contributed by atoms with Crippen LogP contribution < -0.4 is 0 Å². The first-order valence-electron chi connectivity index (χ1n) is 4.64. The van der Waals surface area contributed by atoms with Gasteiger partial charge in [-0.15, -0.1) is 0 Å². The SMILES string of the molecule is C.CC(=O)OC1CCOC2COCC21. The second-order valence-corrected chi connectivity index (χ2v) is 3.55. The Morgan fingerprint density at radius 3 is 2.93 bits per heavy atom. The van der Waals surface area contributed by atoms with Crippen LogP contribution >= 0.6 is 0 Å². The average molecular weight is 202 g/mol. The summed E-state index contributed by atoms with van der Waals surface area (Å²) in [5, 5.41) is 0. The van der Waals surface area contributed by atoms with Crippen molar-refractivity contribution >= 4 is 5.97 Å². The van der Waals surface area contributed by atoms with Crippen LogP contribution in [0, 0.1) is 5.92 Å². The van der Waals surface area contributed by atoms with Gasteiger partial charge >= 0.3 is 5.97 Å². The van der Waals surface area contributed by atoms with E-state index < -0.39 is 0 Å². The molecule has 0 aromatic carbocycles. The van der Waals surface area contributed by atoms with Gasteiger partial charge in [0.15, 0.2) is 0 Å². The lowest BCUT2D eigenvalue weighted by Gasteiger charge is -2.31. The molecule has 2 saturated heterocycles. The van der Waals surface area contributed by atoms with E-state index >= 15 is 0 Å². The summed E-state index contributed by atoms with van der Waals surface area (Å²) in [6.07, 6.45) is 0.932. The van der Waals surface area contributed by atoms with Gasteiger partial charge < -0.3 is 14.2 Å². The number of carbonyl (C=O) groups is 1. The predicted molar refractivity (Wildman–Crippen MR) is 51.0 cm³/mol. The maximum absolute atomic E-state index is 10.8. The van der Waals surface area contributed by atoms with Crippen LogP contribution in [0.2, 0.25) is 0 Å². The van der Waals surface area contributed by atoms with E-state index in [1.807, 2.05) is 0 Å². The van der Waals surface area contributed by atoms with Crippen molar-refractivity contribution in [1.82, 2.24) is 0 Å². The first-order valence-corrected chi connectivity index (χ1v) is 4.64. The Labute approximate surface area is 84.5 Å². The molecule has 0 N–H and O–H groups in total. The molecular weight excluding hydrogens is 184 g/mol. The first kappa shape index (κ1) is 11.5. The van der Waals surface area contributed by atoms with E-state index in [0.717, 1.165) is 6.42 Å². The maximum atomic E-state index is 10.8. The lowest BCUT2D eigenvalue weighted by molar-refractivity contribution is -0.158. The molecule has 2 aliphatic rings. The largest absolute Gasteiger partial charge is 0.462 e. The minimum Gasteiger partial charge on any atom is -0.462 e. The van der Waals surface area contributed by atoms with Crippen molar-refractivity contribution in [3.63, 3.8) is 0 Å². The van der Waals surface area contributed by atoms with Crippen LogP contribution in [0.3, 0.4) is 0 Å². The minimum atomic E-state index is -0.211. The van der Waals surface area contributed by atoms with E-state index in [1.54, 1.807) is 0 Å². The van der Waals surface area contributed by atoms with Crippen LogP contribution in [0.5, 0.6) is 0 Å². The van der Waals surface area contributed by atoms with E-state index in [2.05, 4.69) is 0 Å². The molecule has 0 saturated carbocycles. The first-order chi connectivity index (χ1) is 6.27. The van der Waals surface area contributed by atoms with Gasteiger partial charge in [0.2, 0.25) is 0 Å². The molecule has 4 nitrogen and oxygen atoms in total. The van der Waals surface area contributed by atoms with Crippen LogP contribution in [0.1, 0.15) is 20.8 Å². The van der Waals surface area contributed by atoms with Crippen LogP contribution in [-0.2, 0) is 19.0 Å². The third-order valence-corrected chi connectivity index (χ3v) is 2.60. The Morgan fingerprint density at radius 1 is 1.43 bits per heavy atom. The molecule has 0 aromatic rings. The van der Waals surface area contributed by atoms with Gasteiger partial charge in [-0.2, -0.15) is 0 Å². The number of carbonyl (C=O) groups excluding carboxylic acids is 1. The highest BCUT2D eigenvalue weighted by molar-refractivity contribution is 5.66. The summed E-state index contributed by atoms with van der Waals surface area (Å²) in [7, 11) is 0. The van der Waals surface area contributed by atoms with Crippen LogP contribution in [0.15, 0.2) is 0 Å². The summed E-state index contributed by atoms with van der Waals surface area (Å²) < 4.78 is 16.0. The Morgan fingerprint density at radius 2 is 2.21 bits per heavy atom. The molecule has 0 radical (unpaired) electrons. The van der Waals surface area contributed by atoms with Gasteiger partial charge in [0, 0.05) is 19.3 Å². The number of fused-ring (bicyclic) bond motifs is 1. The van der Waals surface area contributed by atoms with Crippen molar-refractivity contribution in [3.8, 4) is 0 Å². The highest BCUT2D eigenvalue weighted by Gasteiger charge is 2.40. The van der Waals surface area contributed by atoms with Crippen molar-refractivity contribution in [2.45, 2.75) is 33.0 Å². The standard InChI is InChI=1S/C9H14O4.CH4/c1-6(10)13-8-2-3-12-9-5-11-4-7(8)9;/h7-9H,2-5H2,1H3;1H4. The molecule has 2 fully saturated rings. The fourth-order valence-electron chi connectivity index (χ4n) is 1.98. The summed E-state index contributed by atoms with van der Waals surface area (Å²) in [5.74, 6) is 0.0372. The van der Waals surface area contributed by atoms with E-state index in [-0.39, 0.29) is 31.5 Å². The summed E-state index contributed by atoms with van der Waals surface area (Å²) in [5.41, 5.74) is 0. The van der Waals surface area contributed by atoms with Crippen LogP contribution in [0.25, 0.3) is 0 Å². The third-order valence-electron chi connectivity index (χ3n) is 2.60. The molecule has 3 unspecified atom stereocenters. The Bertz CT molecular complexity index is 204. The summed E-state index contributed by atoms with van der Waals surface area (Å²) in [6.45, 7) is 3.41. The molecule has 0 amide bonds. The minimum absolute atomic E-state index is 0. The van der Waals surface area contributed by atoms with Gasteiger partial charge in [-0.05, 0) is 0 Å². The number of hydrogen-bond acceptors (Lipinski definition) is 4. The zero-order valence-electron chi connectivity index (χ0n) is 7.69. The fraction of sp³-hybridized carbons (Fsp3) is 0.900. The van der Waals surface area contributed by atoms with Crippen LogP contribution in [-0.4, -0.2) is 38.0 Å². The molecule has 4 heteroatoms.